The SMILES string of the molecule is CC(COCC1CCC(O)CC1)(COCC1CCCC(O)C1)COCC1CCC2OC2C1. The minimum Gasteiger partial charge on any atom is -0.393 e. The molecule has 4 rings (SSSR count). The number of fused-ring (bicyclic) bond motifs is 1. The van der Waals surface area contributed by atoms with E-state index in [1.165, 1.54) is 12.8 Å². The molecule has 4 fully saturated rings. The zero-order chi connectivity index (χ0) is 22.4. The average Bonchev–Trinajstić information content (AvgIpc) is 3.54. The summed E-state index contributed by atoms with van der Waals surface area (Å²) >= 11 is 0. The maximum Gasteiger partial charge on any atom is 0.0845 e. The Hall–Kier alpha value is -0.240. The summed E-state index contributed by atoms with van der Waals surface area (Å²) in [7, 11) is 0. The highest BCUT2D eigenvalue weighted by atomic mass is 16.6. The molecule has 6 unspecified atom stereocenters. The first-order valence-electron chi connectivity index (χ1n) is 13.2. The van der Waals surface area contributed by atoms with Gasteiger partial charge in [-0.05, 0) is 82.0 Å². The van der Waals surface area contributed by atoms with Crippen LogP contribution < -0.4 is 0 Å². The van der Waals surface area contributed by atoms with Crippen LogP contribution in [0.25, 0.3) is 0 Å². The van der Waals surface area contributed by atoms with E-state index in [0.717, 1.165) is 77.6 Å². The van der Waals surface area contributed by atoms with E-state index in [9.17, 15) is 10.2 Å². The van der Waals surface area contributed by atoms with Gasteiger partial charge in [-0.2, -0.15) is 0 Å². The third-order valence-electron chi connectivity index (χ3n) is 8.10. The first-order chi connectivity index (χ1) is 15.5. The van der Waals surface area contributed by atoms with Gasteiger partial charge >= 0.3 is 0 Å². The van der Waals surface area contributed by atoms with Crippen molar-refractivity contribution in [2.45, 2.75) is 102 Å². The number of aliphatic hydroxyl groups is 2. The molecule has 0 aromatic rings. The van der Waals surface area contributed by atoms with Gasteiger partial charge in [0.1, 0.15) is 0 Å². The minimum atomic E-state index is -0.172. The lowest BCUT2D eigenvalue weighted by Gasteiger charge is -2.33. The van der Waals surface area contributed by atoms with Gasteiger partial charge in [-0.25, -0.2) is 0 Å². The van der Waals surface area contributed by atoms with Crippen LogP contribution in [0.5, 0.6) is 0 Å². The quantitative estimate of drug-likeness (QED) is 0.438. The van der Waals surface area contributed by atoms with Crippen LogP contribution in [0, 0.1) is 23.2 Å². The molecule has 0 amide bonds. The Morgan fingerprint density at radius 3 is 1.88 bits per heavy atom. The Morgan fingerprint density at radius 1 is 0.656 bits per heavy atom. The summed E-state index contributed by atoms with van der Waals surface area (Å²) in [5.41, 5.74) is -0.172. The number of rotatable bonds is 12. The second kappa shape index (κ2) is 11.9. The van der Waals surface area contributed by atoms with E-state index in [2.05, 4.69) is 6.92 Å². The largest absolute Gasteiger partial charge is 0.393 e. The number of hydrogen-bond acceptors (Lipinski definition) is 6. The molecule has 1 saturated heterocycles. The summed E-state index contributed by atoms with van der Waals surface area (Å²) in [5.74, 6) is 1.64. The average molecular weight is 455 g/mol. The van der Waals surface area contributed by atoms with Crippen LogP contribution in [0.2, 0.25) is 0 Å². The van der Waals surface area contributed by atoms with Gasteiger partial charge in [0.05, 0.1) is 44.2 Å². The fraction of sp³-hybridized carbons (Fsp3) is 1.00. The first kappa shape index (κ1) is 24.9. The fourth-order valence-electron chi connectivity index (χ4n) is 5.90. The Morgan fingerprint density at radius 2 is 1.25 bits per heavy atom. The second-order valence-corrected chi connectivity index (χ2v) is 11.6. The van der Waals surface area contributed by atoms with Crippen molar-refractivity contribution < 1.29 is 29.2 Å². The number of hydrogen-bond donors (Lipinski definition) is 2. The van der Waals surface area contributed by atoms with Crippen molar-refractivity contribution in [3.05, 3.63) is 0 Å². The number of ether oxygens (including phenoxy) is 4. The zero-order valence-electron chi connectivity index (χ0n) is 20.1. The van der Waals surface area contributed by atoms with E-state index in [-0.39, 0.29) is 17.6 Å². The van der Waals surface area contributed by atoms with E-state index in [1.807, 2.05) is 0 Å². The monoisotopic (exact) mass is 454 g/mol. The molecule has 3 aliphatic carbocycles. The van der Waals surface area contributed by atoms with E-state index < -0.39 is 0 Å². The second-order valence-electron chi connectivity index (χ2n) is 11.6. The summed E-state index contributed by atoms with van der Waals surface area (Å²) in [5, 5.41) is 19.7. The van der Waals surface area contributed by atoms with Gasteiger partial charge in [0.2, 0.25) is 0 Å². The lowest BCUT2D eigenvalue weighted by atomic mass is 9.87. The topological polar surface area (TPSA) is 80.7 Å². The Bertz CT molecular complexity index is 536. The first-order valence-corrected chi connectivity index (χ1v) is 13.2. The number of epoxide rings is 1. The van der Waals surface area contributed by atoms with Crippen LogP contribution in [-0.2, 0) is 18.9 Å². The van der Waals surface area contributed by atoms with Crippen molar-refractivity contribution in [3.63, 3.8) is 0 Å². The lowest BCUT2D eigenvalue weighted by Crippen LogP contribution is -2.37. The van der Waals surface area contributed by atoms with Crippen LogP contribution in [0.3, 0.4) is 0 Å². The Labute approximate surface area is 194 Å². The van der Waals surface area contributed by atoms with Crippen molar-refractivity contribution in [2.75, 3.05) is 39.6 Å². The van der Waals surface area contributed by atoms with Gasteiger partial charge in [-0.1, -0.05) is 13.3 Å². The highest BCUT2D eigenvalue weighted by Crippen LogP contribution is 2.39. The van der Waals surface area contributed by atoms with E-state index >= 15 is 0 Å². The lowest BCUT2D eigenvalue weighted by molar-refractivity contribution is -0.0808. The third kappa shape index (κ3) is 7.92. The van der Waals surface area contributed by atoms with Gasteiger partial charge in [-0.3, -0.25) is 0 Å². The summed E-state index contributed by atoms with van der Waals surface area (Å²) < 4.78 is 24.3. The van der Waals surface area contributed by atoms with Gasteiger partial charge in [0.15, 0.2) is 0 Å². The fourth-order valence-corrected chi connectivity index (χ4v) is 5.90. The molecular formula is C26H46O6. The van der Waals surface area contributed by atoms with Gasteiger partial charge in [-0.15, -0.1) is 0 Å². The van der Waals surface area contributed by atoms with E-state index in [1.54, 1.807) is 0 Å². The molecule has 0 bridgehead atoms. The van der Waals surface area contributed by atoms with Gasteiger partial charge in [0.25, 0.3) is 0 Å². The number of aliphatic hydroxyl groups excluding tert-OH is 2. The summed E-state index contributed by atoms with van der Waals surface area (Å²) in [6, 6.07) is 0. The van der Waals surface area contributed by atoms with Crippen LogP contribution in [-0.4, -0.2) is 74.3 Å². The third-order valence-corrected chi connectivity index (χ3v) is 8.10. The molecule has 32 heavy (non-hydrogen) atoms. The van der Waals surface area contributed by atoms with Crippen LogP contribution >= 0.6 is 0 Å². The van der Waals surface area contributed by atoms with E-state index in [4.69, 9.17) is 18.9 Å². The Kier molecular flexibility index (Phi) is 9.28. The molecule has 1 aliphatic heterocycles. The molecule has 2 N–H and O–H groups in total. The molecule has 186 valence electrons. The molecule has 3 saturated carbocycles. The van der Waals surface area contributed by atoms with Gasteiger partial charge in [0, 0.05) is 25.2 Å². The molecule has 6 nitrogen and oxygen atoms in total. The predicted molar refractivity (Wildman–Crippen MR) is 122 cm³/mol. The molecule has 0 spiro atoms. The normalized spacial score (nSPS) is 39.3. The van der Waals surface area contributed by atoms with Crippen molar-refractivity contribution in [3.8, 4) is 0 Å². The molecule has 6 atom stereocenters. The molecular weight excluding hydrogens is 408 g/mol. The maximum atomic E-state index is 9.94. The molecule has 6 heteroatoms. The van der Waals surface area contributed by atoms with Crippen molar-refractivity contribution >= 4 is 0 Å². The predicted octanol–water partition coefficient (Wildman–Crippen LogP) is 3.71. The molecule has 0 aromatic heterocycles. The summed E-state index contributed by atoms with van der Waals surface area (Å²) in [4.78, 5) is 0. The van der Waals surface area contributed by atoms with Crippen LogP contribution in [0.4, 0.5) is 0 Å². The zero-order valence-corrected chi connectivity index (χ0v) is 20.1. The van der Waals surface area contributed by atoms with Gasteiger partial charge < -0.3 is 29.2 Å². The molecule has 0 aromatic carbocycles. The highest BCUT2D eigenvalue weighted by Gasteiger charge is 2.43. The highest BCUT2D eigenvalue weighted by molar-refractivity contribution is 4.91. The summed E-state index contributed by atoms with van der Waals surface area (Å²) in [6.07, 6.45) is 12.3. The molecule has 4 aliphatic rings. The maximum absolute atomic E-state index is 9.94. The molecule has 1 heterocycles. The van der Waals surface area contributed by atoms with Crippen LogP contribution in [0.1, 0.15) is 77.6 Å². The van der Waals surface area contributed by atoms with Crippen molar-refractivity contribution in [1.29, 1.82) is 0 Å². The van der Waals surface area contributed by atoms with E-state index in [0.29, 0.717) is 49.8 Å². The minimum absolute atomic E-state index is 0.118. The Balaban J connectivity index is 1.19. The smallest absolute Gasteiger partial charge is 0.0845 e. The van der Waals surface area contributed by atoms with Crippen molar-refractivity contribution in [2.24, 2.45) is 23.2 Å². The summed E-state index contributed by atoms with van der Waals surface area (Å²) in [6.45, 7) is 6.41. The van der Waals surface area contributed by atoms with Crippen LogP contribution in [0.15, 0.2) is 0 Å². The standard InChI is InChI=1S/C26H46O6/c1-26(16-29-13-19-5-8-22(27)9-6-19,17-30-14-20-3-2-4-23(28)11-20)18-31-15-21-7-10-24-25(12-21)32-24/h19-25,27-28H,2-18H2,1H3. The molecule has 0 radical (unpaired) electrons. The van der Waals surface area contributed by atoms with Crippen molar-refractivity contribution in [1.82, 2.24) is 0 Å².